The summed E-state index contributed by atoms with van der Waals surface area (Å²) in [4.78, 5) is 0. The smallest absolute Gasteiger partial charge is 0.137 e. The molecule has 1 aromatic carbocycles. The highest BCUT2D eigenvalue weighted by atomic mass is 35.5. The van der Waals surface area contributed by atoms with E-state index in [1.54, 1.807) is 13.2 Å². The van der Waals surface area contributed by atoms with Gasteiger partial charge >= 0.3 is 0 Å². The number of ether oxygens (including phenoxy) is 1. The SMILES string of the molecule is COc1cc(C)[c]cc1Cl. The normalized spacial score (nSPS) is 9.50. The van der Waals surface area contributed by atoms with E-state index in [0.717, 1.165) is 5.56 Å². The minimum atomic E-state index is 0.605. The highest BCUT2D eigenvalue weighted by molar-refractivity contribution is 6.32. The molecule has 1 radical (unpaired) electrons. The van der Waals surface area contributed by atoms with E-state index in [1.165, 1.54) is 0 Å². The molecular formula is C8H8ClO. The second kappa shape index (κ2) is 2.93. The van der Waals surface area contributed by atoms with Gasteiger partial charge in [-0.1, -0.05) is 11.6 Å². The molecule has 0 saturated carbocycles. The van der Waals surface area contributed by atoms with Gasteiger partial charge in [-0.25, -0.2) is 0 Å². The quantitative estimate of drug-likeness (QED) is 0.606. The van der Waals surface area contributed by atoms with Gasteiger partial charge in [-0.2, -0.15) is 0 Å². The summed E-state index contributed by atoms with van der Waals surface area (Å²) in [6.45, 7) is 1.94. The summed E-state index contributed by atoms with van der Waals surface area (Å²) in [7, 11) is 1.60. The average molecular weight is 156 g/mol. The number of aryl methyl sites for hydroxylation is 1. The highest BCUT2D eigenvalue weighted by Crippen LogP contribution is 2.23. The number of benzene rings is 1. The molecule has 0 atom stereocenters. The van der Waals surface area contributed by atoms with Crippen molar-refractivity contribution in [3.05, 3.63) is 28.8 Å². The fourth-order valence-electron chi connectivity index (χ4n) is 0.712. The van der Waals surface area contributed by atoms with Gasteiger partial charge in [-0.15, -0.1) is 0 Å². The Labute approximate surface area is 65.6 Å². The molecule has 53 valence electrons. The third-order valence-corrected chi connectivity index (χ3v) is 1.52. The maximum Gasteiger partial charge on any atom is 0.137 e. The van der Waals surface area contributed by atoms with Gasteiger partial charge in [0.25, 0.3) is 0 Å². The number of hydrogen-bond acceptors (Lipinski definition) is 1. The van der Waals surface area contributed by atoms with Gasteiger partial charge in [-0.3, -0.25) is 0 Å². The molecule has 0 aromatic heterocycles. The van der Waals surface area contributed by atoms with E-state index in [1.807, 2.05) is 13.0 Å². The van der Waals surface area contributed by atoms with Crippen molar-refractivity contribution in [1.29, 1.82) is 0 Å². The van der Waals surface area contributed by atoms with Crippen molar-refractivity contribution >= 4 is 11.6 Å². The average Bonchev–Trinajstić information content (AvgIpc) is 1.94. The first kappa shape index (κ1) is 7.42. The van der Waals surface area contributed by atoms with Crippen LogP contribution >= 0.6 is 11.6 Å². The van der Waals surface area contributed by atoms with Gasteiger partial charge in [0.05, 0.1) is 12.1 Å². The van der Waals surface area contributed by atoms with Crippen molar-refractivity contribution in [3.63, 3.8) is 0 Å². The standard InChI is InChI=1S/C8H8ClO/c1-6-3-4-7(9)8(5-6)10-2/h4-5H,1-2H3. The van der Waals surface area contributed by atoms with Gasteiger partial charge in [0.2, 0.25) is 0 Å². The van der Waals surface area contributed by atoms with Crippen LogP contribution in [-0.2, 0) is 0 Å². The molecule has 0 fully saturated rings. The molecule has 1 aromatic rings. The molecule has 0 aliphatic carbocycles. The van der Waals surface area contributed by atoms with E-state index < -0.39 is 0 Å². The minimum absolute atomic E-state index is 0.605. The molecule has 1 nitrogen and oxygen atoms in total. The van der Waals surface area contributed by atoms with Crippen molar-refractivity contribution < 1.29 is 4.74 Å². The number of hydrogen-bond donors (Lipinski definition) is 0. The van der Waals surface area contributed by atoms with Crippen LogP contribution in [0.2, 0.25) is 5.02 Å². The fraction of sp³-hybridized carbons (Fsp3) is 0.250. The van der Waals surface area contributed by atoms with E-state index in [2.05, 4.69) is 6.07 Å². The Bertz CT molecular complexity index is 233. The van der Waals surface area contributed by atoms with Gasteiger partial charge in [-0.05, 0) is 30.7 Å². The zero-order chi connectivity index (χ0) is 7.56. The maximum atomic E-state index is 5.74. The van der Waals surface area contributed by atoms with E-state index in [0.29, 0.717) is 10.8 Å². The summed E-state index contributed by atoms with van der Waals surface area (Å²) in [5.74, 6) is 0.706. The Morgan fingerprint density at radius 2 is 2.30 bits per heavy atom. The lowest BCUT2D eigenvalue weighted by Gasteiger charge is -2.01. The molecular weight excluding hydrogens is 148 g/mol. The summed E-state index contributed by atoms with van der Waals surface area (Å²) in [5.41, 5.74) is 1.03. The van der Waals surface area contributed by atoms with Gasteiger partial charge in [0, 0.05) is 0 Å². The molecule has 0 heterocycles. The Kier molecular flexibility index (Phi) is 2.17. The summed E-state index contributed by atoms with van der Waals surface area (Å²) < 4.78 is 4.97. The molecule has 0 spiro atoms. The van der Waals surface area contributed by atoms with Crippen LogP contribution in [0.3, 0.4) is 0 Å². The van der Waals surface area contributed by atoms with Crippen molar-refractivity contribution in [2.24, 2.45) is 0 Å². The first-order valence-electron chi connectivity index (χ1n) is 2.96. The zero-order valence-electron chi connectivity index (χ0n) is 5.94. The molecule has 0 N–H and O–H groups in total. The predicted molar refractivity (Wildman–Crippen MR) is 41.6 cm³/mol. The van der Waals surface area contributed by atoms with Gasteiger partial charge in [0.1, 0.15) is 5.75 Å². The Morgan fingerprint density at radius 3 is 2.80 bits per heavy atom. The van der Waals surface area contributed by atoms with Gasteiger partial charge in [0.15, 0.2) is 0 Å². The molecule has 0 aliphatic heterocycles. The lowest BCUT2D eigenvalue weighted by molar-refractivity contribution is 0.414. The molecule has 0 bridgehead atoms. The third kappa shape index (κ3) is 1.42. The Morgan fingerprint density at radius 1 is 1.60 bits per heavy atom. The molecule has 0 amide bonds. The second-order valence-electron chi connectivity index (χ2n) is 2.03. The van der Waals surface area contributed by atoms with Crippen LogP contribution in [0.15, 0.2) is 12.1 Å². The fourth-order valence-corrected chi connectivity index (χ4v) is 0.898. The van der Waals surface area contributed by atoms with E-state index in [9.17, 15) is 0 Å². The number of halogens is 1. The maximum absolute atomic E-state index is 5.74. The van der Waals surface area contributed by atoms with Crippen LogP contribution in [-0.4, -0.2) is 7.11 Å². The predicted octanol–water partition coefficient (Wildman–Crippen LogP) is 2.46. The summed E-state index contributed by atoms with van der Waals surface area (Å²) >= 11 is 5.74. The summed E-state index contributed by atoms with van der Waals surface area (Å²) in [6, 6.07) is 6.52. The second-order valence-corrected chi connectivity index (χ2v) is 2.44. The topological polar surface area (TPSA) is 9.23 Å². The lowest BCUT2D eigenvalue weighted by atomic mass is 10.2. The Balaban J connectivity index is 3.09. The first-order chi connectivity index (χ1) is 4.74. The Hall–Kier alpha value is -0.690. The number of methoxy groups -OCH3 is 1. The van der Waals surface area contributed by atoms with Gasteiger partial charge < -0.3 is 4.74 Å². The van der Waals surface area contributed by atoms with Crippen LogP contribution in [0.5, 0.6) is 5.75 Å². The summed E-state index contributed by atoms with van der Waals surface area (Å²) in [5, 5.41) is 0.605. The van der Waals surface area contributed by atoms with Crippen LogP contribution in [0.25, 0.3) is 0 Å². The van der Waals surface area contributed by atoms with Crippen LogP contribution < -0.4 is 4.74 Å². The third-order valence-electron chi connectivity index (χ3n) is 1.23. The van der Waals surface area contributed by atoms with Crippen molar-refractivity contribution in [1.82, 2.24) is 0 Å². The van der Waals surface area contributed by atoms with Crippen LogP contribution in [0, 0.1) is 13.0 Å². The van der Waals surface area contributed by atoms with Crippen LogP contribution in [0.1, 0.15) is 5.56 Å². The zero-order valence-corrected chi connectivity index (χ0v) is 6.70. The van der Waals surface area contributed by atoms with Crippen molar-refractivity contribution in [2.75, 3.05) is 7.11 Å². The van der Waals surface area contributed by atoms with Crippen LogP contribution in [0.4, 0.5) is 0 Å². The van der Waals surface area contributed by atoms with Crippen molar-refractivity contribution in [3.8, 4) is 5.75 Å². The molecule has 2 heteroatoms. The molecule has 1 rings (SSSR count). The molecule has 0 unspecified atom stereocenters. The lowest BCUT2D eigenvalue weighted by Crippen LogP contribution is -1.84. The van der Waals surface area contributed by atoms with E-state index in [4.69, 9.17) is 16.3 Å². The summed E-state index contributed by atoms with van der Waals surface area (Å²) in [6.07, 6.45) is 0. The monoisotopic (exact) mass is 155 g/mol. The van der Waals surface area contributed by atoms with Crippen molar-refractivity contribution in [2.45, 2.75) is 6.92 Å². The minimum Gasteiger partial charge on any atom is -0.495 e. The van der Waals surface area contributed by atoms with E-state index in [-0.39, 0.29) is 0 Å². The van der Waals surface area contributed by atoms with E-state index >= 15 is 0 Å². The molecule has 0 saturated heterocycles. The highest BCUT2D eigenvalue weighted by Gasteiger charge is 1.97. The first-order valence-corrected chi connectivity index (χ1v) is 3.33. The number of rotatable bonds is 1. The molecule has 10 heavy (non-hydrogen) atoms. The molecule has 0 aliphatic rings. The largest absolute Gasteiger partial charge is 0.495 e.